The van der Waals surface area contributed by atoms with Gasteiger partial charge in [0.15, 0.2) is 0 Å². The van der Waals surface area contributed by atoms with E-state index in [0.29, 0.717) is 10.9 Å². The number of nitro benzene ring substituents is 2. The van der Waals surface area contributed by atoms with Crippen LogP contribution < -0.4 is 11.5 Å². The molecule has 4 fully saturated rings. The van der Waals surface area contributed by atoms with Gasteiger partial charge < -0.3 is 49.8 Å². The molecular formula is C73H89ClN14O4S3V. The Morgan fingerprint density at radius 2 is 0.979 bits per heavy atom. The number of anilines is 1. The van der Waals surface area contributed by atoms with Crippen LogP contribution in [0.3, 0.4) is 0 Å². The standard InChI is InChI=1S/C19H22N4S.C14H17N3O2.C14H19N3.C11H9NS2.C8H6N2O2.C6H12ClN.CH4.V/c20-19(18-4-3-13-24-18)21-16-6-5-15-7-10-23(17(15)14-16)12-11-22-8-1-2-9-22;18-17(19)13-4-3-12-5-8-16(14(12)11-13)10-9-15-6-1-2-7-15;15-13-4-3-12-5-8-17(14(12)11-13)10-9-16-6-1-2-7-16;12-11(10-7-4-8-13-10)14-9-5-2-1-3-6-9;11-10(12)7-2-1-6-3-4-9-8(6)5-7;7-3-6-8-4-1-2-5-8;;/h3-7,10,13-14H,1-2,8-9,11-12H2,(H2,20,21);3-5,8,11H,1-2,6-7,9-10H2;3-5,8,11H,1-2,6-7,9-10,15H2;1-8,12H;1-5,9H;1-6H2;1H4;. The van der Waals surface area contributed by atoms with Gasteiger partial charge in [-0.1, -0.05) is 61.7 Å². The molecule has 11 aromatic rings. The average molecular weight is 1410 g/mol. The van der Waals surface area contributed by atoms with Crippen molar-refractivity contribution < 1.29 is 28.4 Å². The van der Waals surface area contributed by atoms with Gasteiger partial charge in [-0.3, -0.25) is 25.6 Å². The molecule has 0 unspecified atom stereocenters. The fourth-order valence-corrected chi connectivity index (χ4v) is 14.4. The molecule has 0 bridgehead atoms. The van der Waals surface area contributed by atoms with Gasteiger partial charge in [0, 0.05) is 135 Å². The van der Waals surface area contributed by atoms with Crippen LogP contribution in [0.25, 0.3) is 43.6 Å². The van der Waals surface area contributed by atoms with E-state index in [1.165, 1.54) is 149 Å². The molecule has 0 atom stereocenters. The Hall–Kier alpha value is -7.54. The second kappa shape index (κ2) is 38.4. The van der Waals surface area contributed by atoms with Crippen LogP contribution >= 0.6 is 46.0 Å². The zero-order valence-corrected chi connectivity index (χ0v) is 58.3. The minimum Gasteiger partial charge on any atom is -0.399 e. The van der Waals surface area contributed by atoms with Gasteiger partial charge in [-0.2, -0.15) is 0 Å². The van der Waals surface area contributed by atoms with Crippen LogP contribution in [0.1, 0.15) is 68.5 Å². The molecule has 10 heterocycles. The van der Waals surface area contributed by atoms with Gasteiger partial charge in [0.05, 0.1) is 47.4 Å². The van der Waals surface area contributed by atoms with Gasteiger partial charge in [-0.05, 0) is 216 Å². The molecule has 0 amide bonds. The van der Waals surface area contributed by atoms with Crippen molar-refractivity contribution in [2.45, 2.75) is 83.3 Å². The van der Waals surface area contributed by atoms with Crippen LogP contribution in [0.15, 0.2) is 197 Å². The molecule has 4 aliphatic rings. The average Bonchev–Trinajstić information content (AvgIpc) is 1.70. The number of aliphatic imine (C=N–C) groups is 1. The molecule has 4 aliphatic heterocycles. The molecule has 6 N–H and O–H groups in total. The van der Waals surface area contributed by atoms with Gasteiger partial charge in [0.25, 0.3) is 11.4 Å². The van der Waals surface area contributed by atoms with Crippen LogP contribution in [-0.2, 0) is 38.2 Å². The van der Waals surface area contributed by atoms with E-state index in [2.05, 4.69) is 92.1 Å². The summed E-state index contributed by atoms with van der Waals surface area (Å²) in [5.74, 6) is 1.37. The Labute approximate surface area is 592 Å². The van der Waals surface area contributed by atoms with E-state index in [-0.39, 0.29) is 42.3 Å². The number of thioether (sulfide) groups is 1. The second-order valence-electron chi connectivity index (χ2n) is 23.7. The summed E-state index contributed by atoms with van der Waals surface area (Å²) in [6, 6.07) is 48.4. The normalized spacial score (nSPS) is 14.9. The van der Waals surface area contributed by atoms with Crippen molar-refractivity contribution in [3.05, 3.63) is 217 Å². The number of benzene rings is 5. The number of rotatable bonds is 17. The number of aromatic nitrogens is 4. The van der Waals surface area contributed by atoms with Crippen LogP contribution in [-0.4, -0.2) is 143 Å². The summed E-state index contributed by atoms with van der Waals surface area (Å²) in [5, 5.41) is 38.3. The van der Waals surface area contributed by atoms with Gasteiger partial charge in [0.2, 0.25) is 0 Å². The molecule has 18 nitrogen and oxygen atoms in total. The number of aromatic amines is 1. The van der Waals surface area contributed by atoms with Crippen LogP contribution in [0.5, 0.6) is 0 Å². The van der Waals surface area contributed by atoms with Crippen molar-refractivity contribution in [3.63, 3.8) is 0 Å². The van der Waals surface area contributed by atoms with Crippen LogP contribution in [0, 0.1) is 25.6 Å². The summed E-state index contributed by atoms with van der Waals surface area (Å²) in [6.45, 7) is 17.3. The molecule has 6 aromatic heterocycles. The number of nitrogens with one attached hydrogen (secondary N) is 2. The fourth-order valence-electron chi connectivity index (χ4n) is 12.0. The summed E-state index contributed by atoms with van der Waals surface area (Å²) >= 11 is 10.3. The van der Waals surface area contributed by atoms with Gasteiger partial charge >= 0.3 is 0 Å². The van der Waals surface area contributed by atoms with E-state index in [1.54, 1.807) is 47.1 Å². The number of likely N-dealkylation sites (tertiary alicyclic amines) is 4. The number of thiophene rings is 2. The van der Waals surface area contributed by atoms with Gasteiger partial charge in [-0.25, -0.2) is 4.99 Å². The molecule has 96 heavy (non-hydrogen) atoms. The molecule has 0 spiro atoms. The Morgan fingerprint density at radius 3 is 1.47 bits per heavy atom. The molecule has 4 saturated heterocycles. The minimum atomic E-state index is -0.402. The van der Waals surface area contributed by atoms with E-state index in [4.69, 9.17) is 28.5 Å². The Balaban J connectivity index is 0.000000151. The summed E-state index contributed by atoms with van der Waals surface area (Å²) in [6.07, 6.45) is 18.8. The number of non-ortho nitro benzene ring substituents is 2. The maximum atomic E-state index is 10.8. The summed E-state index contributed by atoms with van der Waals surface area (Å²) in [7, 11) is 0. The van der Waals surface area contributed by atoms with Crippen molar-refractivity contribution in [1.29, 1.82) is 5.41 Å². The quantitative estimate of drug-likeness (QED) is 0.0128. The maximum Gasteiger partial charge on any atom is 0.271 e. The van der Waals surface area contributed by atoms with Crippen molar-refractivity contribution in [1.82, 2.24) is 38.3 Å². The van der Waals surface area contributed by atoms with E-state index in [0.717, 1.165) is 99.5 Å². The van der Waals surface area contributed by atoms with Crippen molar-refractivity contribution in [3.8, 4) is 0 Å². The SMILES string of the molecule is C.ClCCN1CCCC1.N=C(Sc1ccccc1)c1cccs1.NC(=Nc1ccc2ccn(CCN3CCCC3)c2c1)c1cccs1.Nc1ccc2ccn(CCN3CCCC3)c2c1.O=[N+]([O-])c1ccc2cc[nH]c2c1.O=[N+]([O-])c1ccc2ccn(CCN3CCCC3)c2c1.[V]. The second-order valence-corrected chi connectivity index (χ2v) is 27.0. The number of alkyl halides is 1. The van der Waals surface area contributed by atoms with Gasteiger partial charge in [0.1, 0.15) is 10.9 Å². The Kier molecular flexibility index (Phi) is 29.7. The number of H-pyrrole nitrogens is 1. The first kappa shape index (κ1) is 74.3. The Morgan fingerprint density at radius 1 is 0.531 bits per heavy atom. The number of nitrogens with two attached hydrogens (primary N) is 2. The predicted molar refractivity (Wildman–Crippen MR) is 400 cm³/mol. The molecule has 23 heteroatoms. The smallest absolute Gasteiger partial charge is 0.271 e. The van der Waals surface area contributed by atoms with Crippen molar-refractivity contribution in [2.75, 3.05) is 90.2 Å². The zero-order chi connectivity index (χ0) is 65.4. The third kappa shape index (κ3) is 22.0. The number of halogens is 1. The molecular weight excluding hydrogens is 1320 g/mol. The summed E-state index contributed by atoms with van der Waals surface area (Å²) in [5.41, 5.74) is 18.2. The fraction of sp³-hybridized carbons (Fsp3) is 0.342. The van der Waals surface area contributed by atoms with E-state index >= 15 is 0 Å². The van der Waals surface area contributed by atoms with E-state index < -0.39 is 4.92 Å². The minimum absolute atomic E-state index is 0. The maximum absolute atomic E-state index is 10.8. The first-order valence-corrected chi connectivity index (χ1v) is 35.6. The largest absolute Gasteiger partial charge is 0.399 e. The predicted octanol–water partition coefficient (Wildman–Crippen LogP) is 16.7. The number of amidine groups is 1. The monoisotopic (exact) mass is 1410 g/mol. The third-order valence-electron chi connectivity index (χ3n) is 17.2. The van der Waals surface area contributed by atoms with E-state index in [9.17, 15) is 20.2 Å². The number of hydrogen-bond donors (Lipinski definition) is 4. The van der Waals surface area contributed by atoms with Gasteiger partial charge in [-0.15, -0.1) is 34.3 Å². The number of nitro groups is 2. The first-order valence-electron chi connectivity index (χ1n) is 32.5. The Bertz CT molecular complexity index is 4170. The van der Waals surface area contributed by atoms with Crippen LogP contribution in [0.2, 0.25) is 0 Å². The molecule has 5 aromatic carbocycles. The number of fused-ring (bicyclic) bond motifs is 4. The van der Waals surface area contributed by atoms with Crippen molar-refractivity contribution >= 4 is 123 Å². The first-order chi connectivity index (χ1) is 45.9. The molecule has 15 rings (SSSR count). The van der Waals surface area contributed by atoms with E-state index in [1.807, 2.05) is 102 Å². The topological polar surface area (TPSA) is 218 Å². The van der Waals surface area contributed by atoms with Crippen LogP contribution in [0.4, 0.5) is 22.7 Å². The molecule has 1 radical (unpaired) electrons. The number of nitrogen functional groups attached to an aromatic ring is 1. The molecule has 0 saturated carbocycles. The van der Waals surface area contributed by atoms with Crippen molar-refractivity contribution in [2.24, 2.45) is 10.7 Å². The summed E-state index contributed by atoms with van der Waals surface area (Å²) < 4.78 is 6.75. The number of nitrogens with zero attached hydrogens (tertiary/aromatic N) is 10. The molecule has 0 aliphatic carbocycles. The third-order valence-corrected chi connectivity index (χ3v) is 20.2. The zero-order valence-electron chi connectivity index (χ0n) is 53.7. The summed E-state index contributed by atoms with van der Waals surface area (Å²) in [4.78, 5) is 41.1. The molecule has 505 valence electrons. The number of hydrogen-bond acceptors (Lipinski definition) is 14.